The van der Waals surface area contributed by atoms with Gasteiger partial charge in [-0.2, -0.15) is 0 Å². The summed E-state index contributed by atoms with van der Waals surface area (Å²) < 4.78 is 4.59. The molecule has 5 rings (SSSR count). The number of carbonyl (C=O) groups excluding carboxylic acids is 3. The number of hydrogen-bond donors (Lipinski definition) is 2. The van der Waals surface area contributed by atoms with E-state index < -0.39 is 28.7 Å². The molecule has 0 aromatic heterocycles. The molecule has 7 atom stereocenters. The summed E-state index contributed by atoms with van der Waals surface area (Å²) in [6, 6.07) is 15.0. The van der Waals surface area contributed by atoms with Gasteiger partial charge in [0.15, 0.2) is 0 Å². The molecule has 37 heavy (non-hydrogen) atoms. The lowest BCUT2D eigenvalue weighted by molar-refractivity contribution is -0.154. The van der Waals surface area contributed by atoms with E-state index in [0.717, 1.165) is 5.56 Å². The quantitative estimate of drug-likeness (QED) is 0.493. The van der Waals surface area contributed by atoms with Crippen molar-refractivity contribution in [3.8, 4) is 0 Å². The number of aliphatic hydroxyl groups is 1. The SMILES string of the molecule is CCOC(=O)[C@@H]1[C@@H]2CC(C)C3(S2)C(C(=O)Nc2ccccc2Cl)N([C@@H](CO)Cc2ccccc2)C(=O)[C@H]13. The number of nitrogens with one attached hydrogen (secondary N) is 1. The summed E-state index contributed by atoms with van der Waals surface area (Å²) in [5.74, 6) is -2.33. The van der Waals surface area contributed by atoms with Gasteiger partial charge in [-0.25, -0.2) is 0 Å². The third kappa shape index (κ3) is 4.23. The molecular formula is C28H31ClN2O5S. The smallest absolute Gasteiger partial charge is 0.310 e. The van der Waals surface area contributed by atoms with Gasteiger partial charge in [0.25, 0.3) is 0 Å². The van der Waals surface area contributed by atoms with Gasteiger partial charge in [-0.05, 0) is 43.4 Å². The topological polar surface area (TPSA) is 95.9 Å². The number of esters is 1. The Hall–Kier alpha value is -2.55. The van der Waals surface area contributed by atoms with Gasteiger partial charge in [0.1, 0.15) is 6.04 Å². The second-order valence-electron chi connectivity index (χ2n) is 10.0. The van der Waals surface area contributed by atoms with Crippen molar-refractivity contribution in [2.24, 2.45) is 17.8 Å². The number of fused-ring (bicyclic) bond motifs is 1. The zero-order valence-corrected chi connectivity index (χ0v) is 22.4. The maximum atomic E-state index is 14.2. The van der Waals surface area contributed by atoms with Crippen LogP contribution in [0.4, 0.5) is 5.69 Å². The van der Waals surface area contributed by atoms with Crippen molar-refractivity contribution in [2.45, 2.75) is 48.8 Å². The first kappa shape index (κ1) is 26.1. The van der Waals surface area contributed by atoms with Crippen LogP contribution in [0.3, 0.4) is 0 Å². The van der Waals surface area contributed by atoms with E-state index in [-0.39, 0.29) is 42.2 Å². The van der Waals surface area contributed by atoms with Gasteiger partial charge in [-0.1, -0.05) is 61.0 Å². The number of carbonyl (C=O) groups is 3. The van der Waals surface area contributed by atoms with Crippen LogP contribution in [0.1, 0.15) is 25.8 Å². The summed E-state index contributed by atoms with van der Waals surface area (Å²) in [4.78, 5) is 43.0. The molecule has 9 heteroatoms. The van der Waals surface area contributed by atoms with Crippen molar-refractivity contribution in [2.75, 3.05) is 18.5 Å². The van der Waals surface area contributed by atoms with E-state index in [1.165, 1.54) is 0 Å². The van der Waals surface area contributed by atoms with Gasteiger partial charge in [0, 0.05) is 5.25 Å². The Bertz CT molecular complexity index is 1200. The zero-order valence-electron chi connectivity index (χ0n) is 20.8. The van der Waals surface area contributed by atoms with Crippen LogP contribution >= 0.6 is 23.4 Å². The summed E-state index contributed by atoms with van der Waals surface area (Å²) in [6.45, 7) is 3.72. The Morgan fingerprint density at radius 3 is 2.59 bits per heavy atom. The first-order valence-electron chi connectivity index (χ1n) is 12.7. The van der Waals surface area contributed by atoms with E-state index in [2.05, 4.69) is 12.2 Å². The highest BCUT2D eigenvalue weighted by Gasteiger charge is 2.76. The summed E-state index contributed by atoms with van der Waals surface area (Å²) in [6.07, 6.45) is 1.10. The lowest BCUT2D eigenvalue weighted by atomic mass is 9.66. The van der Waals surface area contributed by atoms with Gasteiger partial charge >= 0.3 is 5.97 Å². The van der Waals surface area contributed by atoms with Crippen LogP contribution in [0, 0.1) is 17.8 Å². The minimum atomic E-state index is -0.883. The van der Waals surface area contributed by atoms with Crippen LogP contribution in [-0.2, 0) is 25.5 Å². The van der Waals surface area contributed by atoms with Crippen molar-refractivity contribution >= 4 is 46.8 Å². The zero-order chi connectivity index (χ0) is 26.3. The first-order valence-corrected chi connectivity index (χ1v) is 14.0. The molecule has 3 saturated heterocycles. The van der Waals surface area contributed by atoms with Gasteiger partial charge in [0.05, 0.1) is 46.5 Å². The highest BCUT2D eigenvalue weighted by Crippen LogP contribution is 2.69. The number of nitrogens with zero attached hydrogens (tertiary/aromatic N) is 1. The van der Waals surface area contributed by atoms with Gasteiger partial charge in [-0.3, -0.25) is 14.4 Å². The summed E-state index contributed by atoms with van der Waals surface area (Å²) >= 11 is 7.93. The van der Waals surface area contributed by atoms with Gasteiger partial charge < -0.3 is 20.1 Å². The number of anilines is 1. The number of aliphatic hydroxyl groups excluding tert-OH is 1. The van der Waals surface area contributed by atoms with Crippen molar-refractivity contribution in [1.82, 2.24) is 4.90 Å². The van der Waals surface area contributed by atoms with Crippen LogP contribution in [-0.4, -0.2) is 63.1 Å². The Balaban J connectivity index is 1.58. The minimum absolute atomic E-state index is 0.00481. The summed E-state index contributed by atoms with van der Waals surface area (Å²) in [5.41, 5.74) is 1.40. The molecule has 3 aliphatic heterocycles. The molecule has 2 aromatic carbocycles. The van der Waals surface area contributed by atoms with Crippen molar-refractivity contribution in [3.63, 3.8) is 0 Å². The lowest BCUT2D eigenvalue weighted by Crippen LogP contribution is -2.57. The van der Waals surface area contributed by atoms with E-state index in [1.807, 2.05) is 30.3 Å². The van der Waals surface area contributed by atoms with E-state index in [0.29, 0.717) is 23.6 Å². The van der Waals surface area contributed by atoms with Crippen molar-refractivity contribution in [3.05, 3.63) is 65.2 Å². The molecular weight excluding hydrogens is 512 g/mol. The lowest BCUT2D eigenvalue weighted by Gasteiger charge is -2.40. The molecule has 0 saturated carbocycles. The van der Waals surface area contributed by atoms with Crippen molar-refractivity contribution < 1.29 is 24.2 Å². The minimum Gasteiger partial charge on any atom is -0.466 e. The molecule has 2 N–H and O–H groups in total. The number of hydrogen-bond acceptors (Lipinski definition) is 6. The third-order valence-electron chi connectivity index (χ3n) is 8.04. The largest absolute Gasteiger partial charge is 0.466 e. The highest BCUT2D eigenvalue weighted by molar-refractivity contribution is 8.02. The van der Waals surface area contributed by atoms with Crippen molar-refractivity contribution in [1.29, 1.82) is 0 Å². The molecule has 3 heterocycles. The number of likely N-dealkylation sites (tertiary alicyclic amines) is 1. The van der Waals surface area contributed by atoms with Crippen LogP contribution in [0.2, 0.25) is 5.02 Å². The van der Waals surface area contributed by atoms with Crippen LogP contribution in [0.25, 0.3) is 0 Å². The van der Waals surface area contributed by atoms with Crippen LogP contribution in [0.5, 0.6) is 0 Å². The standard InChI is InChI=1S/C28H31ClN2O5S/c1-3-36-27(35)22-21-13-16(2)28(37-21)23(22)26(34)31(18(15-32)14-17-9-5-4-6-10-17)24(28)25(33)30-20-12-8-7-11-19(20)29/h4-12,16,18,21-24,32H,3,13-15H2,1-2H3,(H,30,33)/t16?,18-,21+,22-,23+,24?,28?/m1/s1. The second-order valence-corrected chi connectivity index (χ2v) is 12.0. The Morgan fingerprint density at radius 2 is 1.92 bits per heavy atom. The second kappa shape index (κ2) is 10.3. The number of benzene rings is 2. The van der Waals surface area contributed by atoms with E-state index in [4.69, 9.17) is 16.3 Å². The number of para-hydroxylation sites is 1. The number of ether oxygens (including phenoxy) is 1. The molecule has 3 aliphatic rings. The maximum absolute atomic E-state index is 14.2. The molecule has 2 aromatic rings. The fourth-order valence-electron chi connectivity index (χ4n) is 6.56. The van der Waals surface area contributed by atoms with E-state index in [1.54, 1.807) is 47.9 Å². The predicted molar refractivity (Wildman–Crippen MR) is 143 cm³/mol. The summed E-state index contributed by atoms with van der Waals surface area (Å²) in [7, 11) is 0. The monoisotopic (exact) mass is 542 g/mol. The number of halogens is 1. The molecule has 0 aliphatic carbocycles. The Kier molecular flexibility index (Phi) is 7.27. The average Bonchev–Trinajstić information content (AvgIpc) is 3.48. The average molecular weight is 543 g/mol. The molecule has 1 spiro atoms. The molecule has 2 amide bonds. The molecule has 2 bridgehead atoms. The molecule has 0 radical (unpaired) electrons. The fraction of sp³-hybridized carbons (Fsp3) is 0.464. The Morgan fingerprint density at radius 1 is 1.22 bits per heavy atom. The molecule has 196 valence electrons. The molecule has 7 nitrogen and oxygen atoms in total. The molecule has 3 unspecified atom stereocenters. The summed E-state index contributed by atoms with van der Waals surface area (Å²) in [5, 5.41) is 13.8. The number of rotatable bonds is 8. The number of thioether (sulfide) groups is 1. The van der Waals surface area contributed by atoms with E-state index >= 15 is 0 Å². The highest BCUT2D eigenvalue weighted by atomic mass is 35.5. The number of amides is 2. The Labute approximate surface area is 225 Å². The maximum Gasteiger partial charge on any atom is 0.310 e. The van der Waals surface area contributed by atoms with Gasteiger partial charge in [0.2, 0.25) is 11.8 Å². The predicted octanol–water partition coefficient (Wildman–Crippen LogP) is 3.78. The van der Waals surface area contributed by atoms with Gasteiger partial charge in [-0.15, -0.1) is 11.8 Å². The normalized spacial score (nSPS) is 30.8. The van der Waals surface area contributed by atoms with E-state index in [9.17, 15) is 19.5 Å². The fourth-order valence-corrected chi connectivity index (χ4v) is 9.14. The molecule has 3 fully saturated rings. The van der Waals surface area contributed by atoms with Crippen LogP contribution in [0.15, 0.2) is 54.6 Å². The third-order valence-corrected chi connectivity index (χ3v) is 10.4. The first-order chi connectivity index (χ1) is 17.8. The van der Waals surface area contributed by atoms with Crippen LogP contribution < -0.4 is 5.32 Å².